The summed E-state index contributed by atoms with van der Waals surface area (Å²) in [6, 6.07) is 6.05. The number of benzene rings is 1. The number of rotatable bonds is 3. The molecule has 1 saturated heterocycles. The Hall–Kier alpha value is -1.89. The van der Waals surface area contributed by atoms with Crippen molar-refractivity contribution in [2.75, 3.05) is 6.54 Å². The highest BCUT2D eigenvalue weighted by Gasteiger charge is 2.25. The summed E-state index contributed by atoms with van der Waals surface area (Å²) in [4.78, 5) is 12.1. The van der Waals surface area contributed by atoms with Gasteiger partial charge < -0.3 is 5.32 Å². The standard InChI is InChI=1S/C15H19N5OS/c1-10-6-5-7-12(11(10)2)20-15(17-18-19-20)22-13-8-3-4-9-16-14(13)21/h5-7,13H,3-4,8-9H2,1-2H3,(H,16,21)/t13-/m1/s1. The van der Waals surface area contributed by atoms with Crippen molar-refractivity contribution in [3.05, 3.63) is 29.3 Å². The predicted octanol–water partition coefficient (Wildman–Crippen LogP) is 2.04. The summed E-state index contributed by atoms with van der Waals surface area (Å²) in [6.07, 6.45) is 2.93. The van der Waals surface area contributed by atoms with Crippen LogP contribution in [0.3, 0.4) is 0 Å². The Bertz CT molecular complexity index is 684. The Labute approximate surface area is 133 Å². The summed E-state index contributed by atoms with van der Waals surface area (Å²) in [7, 11) is 0. The number of aromatic nitrogens is 4. The summed E-state index contributed by atoms with van der Waals surface area (Å²) in [5.41, 5.74) is 3.29. The third-order valence-corrected chi connectivity index (χ3v) is 5.18. The van der Waals surface area contributed by atoms with E-state index in [4.69, 9.17) is 0 Å². The first-order valence-corrected chi connectivity index (χ1v) is 8.34. The van der Waals surface area contributed by atoms with E-state index in [1.165, 1.54) is 17.3 Å². The van der Waals surface area contributed by atoms with E-state index >= 15 is 0 Å². The van der Waals surface area contributed by atoms with E-state index in [1.54, 1.807) is 4.68 Å². The molecule has 1 N–H and O–H groups in total. The van der Waals surface area contributed by atoms with Crippen molar-refractivity contribution in [2.45, 2.75) is 43.5 Å². The average Bonchev–Trinajstić information content (AvgIpc) is 2.86. The van der Waals surface area contributed by atoms with Gasteiger partial charge in [-0.1, -0.05) is 30.3 Å². The van der Waals surface area contributed by atoms with E-state index in [1.807, 2.05) is 12.1 Å². The minimum absolute atomic E-state index is 0.0815. The lowest BCUT2D eigenvalue weighted by molar-refractivity contribution is -0.120. The number of nitrogens with zero attached hydrogens (tertiary/aromatic N) is 4. The van der Waals surface area contributed by atoms with Crippen molar-refractivity contribution in [3.63, 3.8) is 0 Å². The molecule has 2 heterocycles. The van der Waals surface area contributed by atoms with Gasteiger partial charge in [-0.25, -0.2) is 0 Å². The zero-order valence-electron chi connectivity index (χ0n) is 12.7. The summed E-state index contributed by atoms with van der Waals surface area (Å²) >= 11 is 1.44. The molecular weight excluding hydrogens is 298 g/mol. The van der Waals surface area contributed by atoms with Gasteiger partial charge >= 0.3 is 0 Å². The fourth-order valence-corrected chi connectivity index (χ4v) is 3.57. The van der Waals surface area contributed by atoms with E-state index in [2.05, 4.69) is 40.8 Å². The normalized spacial score (nSPS) is 18.8. The molecule has 0 bridgehead atoms. The zero-order valence-corrected chi connectivity index (χ0v) is 13.6. The van der Waals surface area contributed by atoms with Crippen LogP contribution in [-0.4, -0.2) is 37.9 Å². The van der Waals surface area contributed by atoms with Crippen molar-refractivity contribution in [1.82, 2.24) is 25.5 Å². The summed E-state index contributed by atoms with van der Waals surface area (Å²) in [6.45, 7) is 4.88. The van der Waals surface area contributed by atoms with Crippen LogP contribution in [0.4, 0.5) is 0 Å². The van der Waals surface area contributed by atoms with Gasteiger partial charge in [-0.15, -0.1) is 5.10 Å². The average molecular weight is 317 g/mol. The van der Waals surface area contributed by atoms with Gasteiger partial charge in [0.05, 0.1) is 10.9 Å². The number of amides is 1. The third-order valence-electron chi connectivity index (χ3n) is 3.98. The molecule has 1 aromatic heterocycles. The maximum absolute atomic E-state index is 12.1. The summed E-state index contributed by atoms with van der Waals surface area (Å²) in [5, 5.41) is 15.5. The van der Waals surface area contributed by atoms with E-state index < -0.39 is 0 Å². The highest BCUT2D eigenvalue weighted by molar-refractivity contribution is 8.00. The number of thioether (sulfide) groups is 1. The lowest BCUT2D eigenvalue weighted by Crippen LogP contribution is -2.30. The minimum atomic E-state index is -0.127. The van der Waals surface area contributed by atoms with Gasteiger partial charge in [-0.05, 0) is 54.3 Å². The van der Waals surface area contributed by atoms with Crippen LogP contribution >= 0.6 is 11.8 Å². The molecule has 116 valence electrons. The number of nitrogens with one attached hydrogen (secondary N) is 1. The lowest BCUT2D eigenvalue weighted by Gasteiger charge is -2.13. The predicted molar refractivity (Wildman–Crippen MR) is 85.1 cm³/mol. The van der Waals surface area contributed by atoms with Crippen LogP contribution < -0.4 is 5.32 Å². The second kappa shape index (κ2) is 6.48. The molecular formula is C15H19N5OS. The van der Waals surface area contributed by atoms with E-state index in [0.29, 0.717) is 5.16 Å². The molecule has 1 aliphatic heterocycles. The van der Waals surface area contributed by atoms with Crippen LogP contribution in [0, 0.1) is 13.8 Å². The molecule has 1 atom stereocenters. The van der Waals surface area contributed by atoms with E-state index in [0.717, 1.165) is 37.1 Å². The van der Waals surface area contributed by atoms with Crippen molar-refractivity contribution in [2.24, 2.45) is 0 Å². The fourth-order valence-electron chi connectivity index (χ4n) is 2.52. The Kier molecular flexibility index (Phi) is 4.42. The number of tetrazole rings is 1. The SMILES string of the molecule is Cc1cccc(-n2nnnc2S[C@@H]2CCCCNC2=O)c1C. The number of hydrogen-bond acceptors (Lipinski definition) is 5. The van der Waals surface area contributed by atoms with Crippen LogP contribution in [-0.2, 0) is 4.79 Å². The molecule has 0 radical (unpaired) electrons. The van der Waals surface area contributed by atoms with Crippen LogP contribution in [0.25, 0.3) is 5.69 Å². The van der Waals surface area contributed by atoms with Gasteiger partial charge in [0.2, 0.25) is 11.1 Å². The smallest absolute Gasteiger partial charge is 0.233 e. The Balaban J connectivity index is 1.89. The van der Waals surface area contributed by atoms with Crippen molar-refractivity contribution in [1.29, 1.82) is 0 Å². The highest BCUT2D eigenvalue weighted by Crippen LogP contribution is 2.28. The zero-order chi connectivity index (χ0) is 15.5. The van der Waals surface area contributed by atoms with Crippen LogP contribution in [0.1, 0.15) is 30.4 Å². The molecule has 1 fully saturated rings. The highest BCUT2D eigenvalue weighted by atomic mass is 32.2. The van der Waals surface area contributed by atoms with Crippen LogP contribution in [0.2, 0.25) is 0 Å². The van der Waals surface area contributed by atoms with Gasteiger partial charge in [0, 0.05) is 6.54 Å². The summed E-state index contributed by atoms with van der Waals surface area (Å²) in [5.74, 6) is 0.0815. The number of carbonyl (C=O) groups is 1. The quantitative estimate of drug-likeness (QED) is 0.938. The van der Waals surface area contributed by atoms with Gasteiger partial charge in [-0.2, -0.15) is 4.68 Å². The third kappa shape index (κ3) is 2.99. The maximum Gasteiger partial charge on any atom is 0.233 e. The Morgan fingerprint density at radius 2 is 2.18 bits per heavy atom. The molecule has 0 saturated carbocycles. The molecule has 22 heavy (non-hydrogen) atoms. The molecule has 0 aliphatic carbocycles. The molecule has 1 aromatic carbocycles. The molecule has 7 heteroatoms. The number of hydrogen-bond donors (Lipinski definition) is 1. The first-order chi connectivity index (χ1) is 10.7. The van der Waals surface area contributed by atoms with Gasteiger partial charge in [-0.3, -0.25) is 4.79 Å². The second-order valence-corrected chi connectivity index (χ2v) is 6.66. The van der Waals surface area contributed by atoms with E-state index in [-0.39, 0.29) is 11.2 Å². The molecule has 1 amide bonds. The fraction of sp³-hybridized carbons (Fsp3) is 0.467. The van der Waals surface area contributed by atoms with Crippen molar-refractivity contribution >= 4 is 17.7 Å². The number of carbonyl (C=O) groups excluding carboxylic acids is 1. The van der Waals surface area contributed by atoms with Gasteiger partial charge in [0.1, 0.15) is 0 Å². The first kappa shape index (κ1) is 15.0. The van der Waals surface area contributed by atoms with Crippen molar-refractivity contribution in [3.8, 4) is 5.69 Å². The first-order valence-electron chi connectivity index (χ1n) is 7.46. The Morgan fingerprint density at radius 1 is 1.32 bits per heavy atom. The van der Waals surface area contributed by atoms with Crippen LogP contribution in [0.5, 0.6) is 0 Å². The largest absolute Gasteiger partial charge is 0.355 e. The van der Waals surface area contributed by atoms with Crippen LogP contribution in [0.15, 0.2) is 23.4 Å². The van der Waals surface area contributed by atoms with Gasteiger partial charge in [0.15, 0.2) is 0 Å². The van der Waals surface area contributed by atoms with Gasteiger partial charge in [0.25, 0.3) is 0 Å². The lowest BCUT2D eigenvalue weighted by atomic mass is 10.1. The molecule has 3 rings (SSSR count). The van der Waals surface area contributed by atoms with E-state index in [9.17, 15) is 4.79 Å². The molecule has 0 unspecified atom stereocenters. The number of aryl methyl sites for hydroxylation is 1. The maximum atomic E-state index is 12.1. The van der Waals surface area contributed by atoms with Crippen molar-refractivity contribution < 1.29 is 4.79 Å². The molecule has 6 nitrogen and oxygen atoms in total. The molecule has 1 aliphatic rings. The minimum Gasteiger partial charge on any atom is -0.355 e. The summed E-state index contributed by atoms with van der Waals surface area (Å²) < 4.78 is 1.73. The monoisotopic (exact) mass is 317 g/mol. The Morgan fingerprint density at radius 3 is 3.05 bits per heavy atom. The topological polar surface area (TPSA) is 72.7 Å². The second-order valence-electron chi connectivity index (χ2n) is 5.49. The molecule has 2 aromatic rings. The molecule has 0 spiro atoms.